The van der Waals surface area contributed by atoms with E-state index in [4.69, 9.17) is 15.3 Å². The first-order valence-corrected chi connectivity index (χ1v) is 6.28. The van der Waals surface area contributed by atoms with E-state index in [1.165, 1.54) is 0 Å². The van der Waals surface area contributed by atoms with E-state index in [9.17, 15) is 14.8 Å². The highest BCUT2D eigenvalue weighted by atomic mass is 16.8. The molecular weight excluding hydrogens is 280 g/mol. The number of rotatable bonds is 6. The quantitative estimate of drug-likeness (QED) is 0.548. The molecule has 1 atom stereocenters. The number of hydroxylamine groups is 1. The Morgan fingerprint density at radius 2 is 2.14 bits per heavy atom. The first-order chi connectivity index (χ1) is 10.2. The van der Waals surface area contributed by atoms with Crippen LogP contribution in [-0.4, -0.2) is 43.6 Å². The number of ether oxygens (including phenoxy) is 1. The van der Waals surface area contributed by atoms with Crippen LogP contribution in [0.2, 0.25) is 0 Å². The van der Waals surface area contributed by atoms with E-state index in [2.05, 4.69) is 5.29 Å². The first-order valence-electron chi connectivity index (χ1n) is 6.28. The normalized spacial score (nSPS) is 16.7. The van der Waals surface area contributed by atoms with Crippen molar-refractivity contribution in [3.63, 3.8) is 0 Å². The van der Waals surface area contributed by atoms with Gasteiger partial charge in [-0.15, -0.1) is 4.91 Å². The number of hydrogen-bond donors (Lipinski definition) is 2. The van der Waals surface area contributed by atoms with Gasteiger partial charge in [-0.2, -0.15) is 5.06 Å². The van der Waals surface area contributed by atoms with Gasteiger partial charge in [-0.3, -0.25) is 4.79 Å². The minimum atomic E-state index is -0.855. The first kappa shape index (κ1) is 15.3. The topological polar surface area (TPSA) is 118 Å². The molecule has 9 heteroatoms. The van der Waals surface area contributed by atoms with Crippen molar-refractivity contribution in [3.8, 4) is 0 Å². The number of amides is 1. The second kappa shape index (κ2) is 7.09. The van der Waals surface area contributed by atoms with E-state index < -0.39 is 6.10 Å². The highest BCUT2D eigenvalue weighted by Crippen LogP contribution is 2.22. The smallest absolute Gasteiger partial charge is 0.277 e. The van der Waals surface area contributed by atoms with Crippen molar-refractivity contribution in [3.05, 3.63) is 29.2 Å². The molecular formula is C12H16N4O5. The molecule has 0 aromatic heterocycles. The maximum absolute atomic E-state index is 11.6. The van der Waals surface area contributed by atoms with Crippen LogP contribution in [0.25, 0.3) is 0 Å². The second-order valence-corrected chi connectivity index (χ2v) is 4.35. The van der Waals surface area contributed by atoms with Crippen LogP contribution in [0.5, 0.6) is 0 Å². The molecule has 1 saturated heterocycles. The van der Waals surface area contributed by atoms with Gasteiger partial charge in [-0.25, -0.2) is 9.85 Å². The maximum atomic E-state index is 11.6. The van der Waals surface area contributed by atoms with Crippen LogP contribution in [0.3, 0.4) is 0 Å². The summed E-state index contributed by atoms with van der Waals surface area (Å²) in [5.74, 6) is -0.321. The zero-order valence-corrected chi connectivity index (χ0v) is 11.2. The molecule has 0 radical (unpaired) electrons. The zero-order chi connectivity index (χ0) is 15.2. The molecule has 3 N–H and O–H groups in total. The lowest BCUT2D eigenvalue weighted by atomic mass is 10.2. The van der Waals surface area contributed by atoms with Gasteiger partial charge in [-0.1, -0.05) is 0 Å². The molecule has 1 aromatic carbocycles. The Hall–Kier alpha value is -2.07. The van der Waals surface area contributed by atoms with Gasteiger partial charge in [0, 0.05) is 6.54 Å². The van der Waals surface area contributed by atoms with Gasteiger partial charge in [0.2, 0.25) is 0 Å². The average Bonchev–Trinajstić information content (AvgIpc) is 2.53. The fourth-order valence-corrected chi connectivity index (χ4v) is 1.79. The largest absolute Gasteiger partial charge is 0.390 e. The number of benzene rings is 1. The van der Waals surface area contributed by atoms with Gasteiger partial charge < -0.3 is 15.6 Å². The molecule has 1 aliphatic rings. The predicted octanol–water partition coefficient (Wildman–Crippen LogP) is -0.254. The van der Waals surface area contributed by atoms with Crippen LogP contribution in [0, 0.1) is 4.91 Å². The molecule has 1 unspecified atom stereocenters. The van der Waals surface area contributed by atoms with Crippen LogP contribution in [0.15, 0.2) is 29.6 Å². The van der Waals surface area contributed by atoms with Crippen molar-refractivity contribution in [2.24, 2.45) is 11.0 Å². The molecule has 1 amide bonds. The summed E-state index contributed by atoms with van der Waals surface area (Å²) in [7, 11) is 0. The third-order valence-electron chi connectivity index (χ3n) is 2.85. The third kappa shape index (κ3) is 3.73. The molecule has 1 aromatic rings. The summed E-state index contributed by atoms with van der Waals surface area (Å²) >= 11 is 0. The van der Waals surface area contributed by atoms with Gasteiger partial charge >= 0.3 is 0 Å². The lowest BCUT2D eigenvalue weighted by molar-refractivity contribution is -0.157. The number of carbonyl (C=O) groups is 1. The fraction of sp³-hybridized carbons (Fsp3) is 0.417. The zero-order valence-electron chi connectivity index (χ0n) is 11.2. The fourth-order valence-electron chi connectivity index (χ4n) is 1.79. The number of nitroso groups, excluding NO2 is 1. The summed E-state index contributed by atoms with van der Waals surface area (Å²) in [5.41, 5.74) is 6.28. The Kier molecular flexibility index (Phi) is 5.17. The SMILES string of the molecule is NCC(O)CN(N=O)c1ccc(N2OCOCC2=O)cc1. The Morgan fingerprint density at radius 1 is 1.43 bits per heavy atom. The molecule has 0 saturated carbocycles. The highest BCUT2D eigenvalue weighted by molar-refractivity contribution is 5.92. The number of aliphatic hydroxyl groups is 1. The maximum Gasteiger partial charge on any atom is 0.277 e. The molecule has 114 valence electrons. The summed E-state index contributed by atoms with van der Waals surface area (Å²) in [6, 6.07) is 6.38. The number of aliphatic hydroxyl groups excluding tert-OH is 1. The van der Waals surface area contributed by atoms with E-state index in [0.29, 0.717) is 11.4 Å². The minimum Gasteiger partial charge on any atom is -0.390 e. The molecule has 0 spiro atoms. The van der Waals surface area contributed by atoms with Gasteiger partial charge in [0.1, 0.15) is 6.61 Å². The Bertz CT molecular complexity index is 495. The van der Waals surface area contributed by atoms with E-state index in [0.717, 1.165) is 10.1 Å². The van der Waals surface area contributed by atoms with Crippen molar-refractivity contribution in [1.82, 2.24) is 0 Å². The summed E-state index contributed by atoms with van der Waals surface area (Å²) in [6.07, 6.45) is -0.855. The van der Waals surface area contributed by atoms with E-state index in [1.807, 2.05) is 0 Å². The number of nitrogens with two attached hydrogens (primary N) is 1. The summed E-state index contributed by atoms with van der Waals surface area (Å²) < 4.78 is 4.85. The van der Waals surface area contributed by atoms with Crippen molar-refractivity contribution in [2.45, 2.75) is 6.10 Å². The van der Waals surface area contributed by atoms with Crippen LogP contribution in [0.1, 0.15) is 0 Å². The monoisotopic (exact) mass is 296 g/mol. The standard InChI is InChI=1S/C12H16N4O5/c13-5-11(17)6-15(14-19)9-1-3-10(4-2-9)16-12(18)7-20-8-21-16/h1-4,11,17H,5-8,13H2. The van der Waals surface area contributed by atoms with Crippen molar-refractivity contribution < 1.29 is 19.5 Å². The Labute approximate surface area is 120 Å². The van der Waals surface area contributed by atoms with Crippen LogP contribution in [-0.2, 0) is 14.4 Å². The molecule has 2 rings (SSSR count). The summed E-state index contributed by atoms with van der Waals surface area (Å²) in [5, 5.41) is 14.5. The summed E-state index contributed by atoms with van der Waals surface area (Å²) in [6.45, 7) is -0.0305. The van der Waals surface area contributed by atoms with E-state index in [-0.39, 0.29) is 32.4 Å². The Balaban J connectivity index is 2.10. The number of hydrogen-bond acceptors (Lipinski definition) is 7. The van der Waals surface area contributed by atoms with Gasteiger partial charge in [0.05, 0.1) is 29.3 Å². The van der Waals surface area contributed by atoms with Crippen molar-refractivity contribution in [1.29, 1.82) is 0 Å². The predicted molar refractivity (Wildman–Crippen MR) is 74.0 cm³/mol. The lowest BCUT2D eigenvalue weighted by Crippen LogP contribution is -2.39. The number of anilines is 2. The molecule has 1 fully saturated rings. The van der Waals surface area contributed by atoms with Crippen LogP contribution >= 0.6 is 0 Å². The average molecular weight is 296 g/mol. The third-order valence-corrected chi connectivity index (χ3v) is 2.85. The number of nitrogens with zero attached hydrogens (tertiary/aromatic N) is 3. The Morgan fingerprint density at radius 3 is 2.71 bits per heavy atom. The molecule has 1 heterocycles. The van der Waals surface area contributed by atoms with Gasteiger partial charge in [0.15, 0.2) is 6.79 Å². The van der Waals surface area contributed by atoms with E-state index >= 15 is 0 Å². The lowest BCUT2D eigenvalue weighted by Gasteiger charge is -2.26. The molecule has 21 heavy (non-hydrogen) atoms. The molecule has 0 aliphatic carbocycles. The molecule has 9 nitrogen and oxygen atoms in total. The minimum absolute atomic E-state index is 0.00178. The van der Waals surface area contributed by atoms with Crippen LogP contribution in [0.4, 0.5) is 11.4 Å². The second-order valence-electron chi connectivity index (χ2n) is 4.35. The molecule has 1 aliphatic heterocycles. The van der Waals surface area contributed by atoms with Crippen molar-refractivity contribution >= 4 is 17.3 Å². The van der Waals surface area contributed by atoms with Gasteiger partial charge in [0.25, 0.3) is 5.91 Å². The van der Waals surface area contributed by atoms with E-state index in [1.54, 1.807) is 24.3 Å². The van der Waals surface area contributed by atoms with Crippen LogP contribution < -0.4 is 15.8 Å². The van der Waals surface area contributed by atoms with Gasteiger partial charge in [-0.05, 0) is 24.3 Å². The number of carbonyl (C=O) groups excluding carboxylic acids is 1. The molecule has 0 bridgehead atoms. The summed E-state index contributed by atoms with van der Waals surface area (Å²) in [4.78, 5) is 27.5. The highest BCUT2D eigenvalue weighted by Gasteiger charge is 2.22. The van der Waals surface area contributed by atoms with Crippen molar-refractivity contribution in [2.75, 3.05) is 36.6 Å².